The molecule has 4 nitrogen and oxygen atoms in total. The minimum Gasteiger partial charge on any atom is -0.242 e. The Balaban J connectivity index is 2.34. The average molecular weight is 202 g/mol. The molecule has 0 amide bonds. The molecule has 0 saturated carbocycles. The van der Waals surface area contributed by atoms with Crippen LogP contribution >= 0.6 is 0 Å². The Labute approximate surface area is 85.8 Å². The predicted molar refractivity (Wildman–Crippen MR) is 51.7 cm³/mol. The molecule has 0 bridgehead atoms. The van der Waals surface area contributed by atoms with E-state index >= 15 is 0 Å². The Hall–Kier alpha value is -2.22. The number of hydrogen-bond acceptors (Lipinski definition) is 3. The third kappa shape index (κ3) is 1.99. The molecular weight excluding hydrogens is 195 g/mol. The maximum Gasteiger partial charge on any atom is 0.171 e. The van der Waals surface area contributed by atoms with Crippen LogP contribution in [-0.2, 0) is 0 Å². The second-order valence-corrected chi connectivity index (χ2v) is 2.74. The molecule has 2 aromatic rings. The first-order chi connectivity index (χ1) is 7.29. The second-order valence-electron chi connectivity index (χ2n) is 2.74. The molecule has 0 unspecified atom stereocenters. The monoisotopic (exact) mass is 202 g/mol. The van der Waals surface area contributed by atoms with Crippen molar-refractivity contribution >= 4 is 0 Å². The molecular formula is C10H7FN4. The lowest BCUT2D eigenvalue weighted by Crippen LogP contribution is -1.99. The number of nitrogens with zero attached hydrogens (tertiary/aromatic N) is 4. The fourth-order valence-corrected chi connectivity index (χ4v) is 1.06. The summed E-state index contributed by atoms with van der Waals surface area (Å²) in [4.78, 5) is 8.08. The van der Waals surface area contributed by atoms with E-state index in [2.05, 4.69) is 26.9 Å². The van der Waals surface area contributed by atoms with Crippen LogP contribution in [0.1, 0.15) is 12.6 Å². The van der Waals surface area contributed by atoms with Gasteiger partial charge >= 0.3 is 0 Å². The summed E-state index contributed by atoms with van der Waals surface area (Å²) in [7, 11) is 0. The summed E-state index contributed by atoms with van der Waals surface area (Å²) in [5, 5.41) is 3.76. The second kappa shape index (κ2) is 3.88. The highest BCUT2D eigenvalue weighted by Gasteiger charge is 2.01. The smallest absolute Gasteiger partial charge is 0.171 e. The Kier molecular flexibility index (Phi) is 2.42. The Morgan fingerprint density at radius 3 is 2.67 bits per heavy atom. The summed E-state index contributed by atoms with van der Waals surface area (Å²) in [5.74, 6) is 5.53. The van der Waals surface area contributed by atoms with Gasteiger partial charge in [0.25, 0.3) is 0 Å². The lowest BCUT2D eigenvalue weighted by atomic mass is 10.4. The van der Waals surface area contributed by atoms with Gasteiger partial charge in [-0.1, -0.05) is 5.92 Å². The molecule has 5 heteroatoms. The van der Waals surface area contributed by atoms with Gasteiger partial charge < -0.3 is 0 Å². The van der Waals surface area contributed by atoms with Gasteiger partial charge in [-0.05, 0) is 12.8 Å². The molecule has 2 rings (SSSR count). The Bertz CT molecular complexity index is 518. The first-order valence-electron chi connectivity index (χ1n) is 4.25. The van der Waals surface area contributed by atoms with Crippen LogP contribution in [0.2, 0.25) is 0 Å². The van der Waals surface area contributed by atoms with Gasteiger partial charge in [-0.25, -0.2) is 19.0 Å². The summed E-state index contributed by atoms with van der Waals surface area (Å²) in [6.07, 6.45) is 5.36. The minimum atomic E-state index is -0.408. The van der Waals surface area contributed by atoms with Crippen molar-refractivity contribution in [2.24, 2.45) is 0 Å². The minimum absolute atomic E-state index is 0.408. The van der Waals surface area contributed by atoms with E-state index in [0.29, 0.717) is 11.5 Å². The summed E-state index contributed by atoms with van der Waals surface area (Å²) >= 11 is 0. The third-order valence-corrected chi connectivity index (χ3v) is 1.68. The van der Waals surface area contributed by atoms with Crippen molar-refractivity contribution in [2.45, 2.75) is 6.92 Å². The fourth-order valence-electron chi connectivity index (χ4n) is 1.06. The molecule has 15 heavy (non-hydrogen) atoms. The maximum atomic E-state index is 12.7. The molecule has 74 valence electrons. The molecule has 0 aliphatic carbocycles. The van der Waals surface area contributed by atoms with E-state index in [1.807, 2.05) is 0 Å². The van der Waals surface area contributed by atoms with Crippen LogP contribution < -0.4 is 0 Å². The number of aromatic nitrogens is 4. The zero-order valence-corrected chi connectivity index (χ0v) is 7.98. The molecule has 0 fully saturated rings. The van der Waals surface area contributed by atoms with Gasteiger partial charge in [0, 0.05) is 0 Å². The van der Waals surface area contributed by atoms with Crippen molar-refractivity contribution < 1.29 is 4.39 Å². The lowest BCUT2D eigenvalue weighted by Gasteiger charge is -1.97. The molecule has 2 heterocycles. The Morgan fingerprint density at radius 1 is 1.27 bits per heavy atom. The lowest BCUT2D eigenvalue weighted by molar-refractivity contribution is 0.627. The van der Waals surface area contributed by atoms with Gasteiger partial charge in [-0.2, -0.15) is 5.10 Å². The van der Waals surface area contributed by atoms with E-state index in [4.69, 9.17) is 0 Å². The number of halogens is 1. The maximum absolute atomic E-state index is 12.7. The van der Waals surface area contributed by atoms with Crippen LogP contribution in [0.25, 0.3) is 5.82 Å². The highest BCUT2D eigenvalue weighted by atomic mass is 19.1. The topological polar surface area (TPSA) is 43.6 Å². The van der Waals surface area contributed by atoms with E-state index in [1.54, 1.807) is 6.92 Å². The van der Waals surface area contributed by atoms with Gasteiger partial charge in [0.05, 0.1) is 24.8 Å². The highest BCUT2D eigenvalue weighted by Crippen LogP contribution is 2.02. The largest absolute Gasteiger partial charge is 0.242 e. The normalized spacial score (nSPS) is 9.47. The molecule has 0 aliphatic rings. The molecule has 0 atom stereocenters. The molecule has 0 N–H and O–H groups in total. The summed E-state index contributed by atoms with van der Waals surface area (Å²) in [6, 6.07) is 0. The quantitative estimate of drug-likeness (QED) is 0.652. The number of hydrogen-bond donors (Lipinski definition) is 0. The fraction of sp³-hybridized carbons (Fsp3) is 0.100. The Morgan fingerprint density at radius 2 is 2.13 bits per heavy atom. The van der Waals surface area contributed by atoms with Crippen molar-refractivity contribution in [3.8, 4) is 17.7 Å². The van der Waals surface area contributed by atoms with E-state index in [-0.39, 0.29) is 0 Å². The van der Waals surface area contributed by atoms with Gasteiger partial charge in [0.1, 0.15) is 5.69 Å². The summed E-state index contributed by atoms with van der Waals surface area (Å²) < 4.78 is 14.0. The molecule has 0 aliphatic heterocycles. The van der Waals surface area contributed by atoms with Crippen molar-refractivity contribution in [1.29, 1.82) is 0 Å². The molecule has 2 aromatic heterocycles. The van der Waals surface area contributed by atoms with Crippen LogP contribution in [0, 0.1) is 17.7 Å². The van der Waals surface area contributed by atoms with E-state index < -0.39 is 5.82 Å². The van der Waals surface area contributed by atoms with Crippen LogP contribution in [0.5, 0.6) is 0 Å². The molecule has 0 saturated heterocycles. The van der Waals surface area contributed by atoms with Crippen molar-refractivity contribution in [3.63, 3.8) is 0 Å². The molecule has 0 spiro atoms. The summed E-state index contributed by atoms with van der Waals surface area (Å²) in [6.45, 7) is 1.72. The van der Waals surface area contributed by atoms with Crippen LogP contribution in [0.4, 0.5) is 4.39 Å². The van der Waals surface area contributed by atoms with E-state index in [9.17, 15) is 4.39 Å². The average Bonchev–Trinajstić information content (AvgIpc) is 2.67. The zero-order valence-electron chi connectivity index (χ0n) is 7.98. The van der Waals surface area contributed by atoms with Crippen LogP contribution in [0.15, 0.2) is 24.8 Å². The SMILES string of the molecule is CC#Cc1cnc(-n2cc(F)cn2)cn1. The standard InChI is InChI=1S/C10H7FN4/c1-2-3-9-5-13-10(6-12-9)15-7-8(11)4-14-15/h4-7H,1H3. The van der Waals surface area contributed by atoms with E-state index in [0.717, 1.165) is 6.20 Å². The van der Waals surface area contributed by atoms with Gasteiger partial charge in [0.2, 0.25) is 0 Å². The highest BCUT2D eigenvalue weighted by molar-refractivity contribution is 5.27. The third-order valence-electron chi connectivity index (χ3n) is 1.68. The number of rotatable bonds is 1. The van der Waals surface area contributed by atoms with Crippen LogP contribution in [-0.4, -0.2) is 19.7 Å². The first kappa shape index (κ1) is 9.34. The predicted octanol–water partition coefficient (Wildman–Crippen LogP) is 1.17. The van der Waals surface area contributed by atoms with Crippen LogP contribution in [0.3, 0.4) is 0 Å². The molecule has 0 aromatic carbocycles. The zero-order chi connectivity index (χ0) is 10.7. The first-order valence-corrected chi connectivity index (χ1v) is 4.25. The van der Waals surface area contributed by atoms with Gasteiger partial charge in [-0.15, -0.1) is 0 Å². The molecule has 0 radical (unpaired) electrons. The van der Waals surface area contributed by atoms with Gasteiger partial charge in [-0.3, -0.25) is 0 Å². The van der Waals surface area contributed by atoms with Crippen molar-refractivity contribution in [3.05, 3.63) is 36.3 Å². The van der Waals surface area contributed by atoms with Crippen molar-refractivity contribution in [1.82, 2.24) is 19.7 Å². The van der Waals surface area contributed by atoms with E-state index in [1.165, 1.54) is 23.3 Å². The van der Waals surface area contributed by atoms with Gasteiger partial charge in [0.15, 0.2) is 11.6 Å². The summed E-state index contributed by atoms with van der Waals surface area (Å²) in [5.41, 5.74) is 0.578. The van der Waals surface area contributed by atoms with Crippen molar-refractivity contribution in [2.75, 3.05) is 0 Å².